The van der Waals surface area contributed by atoms with Gasteiger partial charge in [0.2, 0.25) is 0 Å². The van der Waals surface area contributed by atoms with Crippen molar-refractivity contribution in [2.45, 2.75) is 51.1 Å². The minimum atomic E-state index is -1.03. The van der Waals surface area contributed by atoms with Gasteiger partial charge in [0.15, 0.2) is 0 Å². The highest BCUT2D eigenvalue weighted by atomic mass is 16.5. The molecule has 2 fully saturated rings. The highest BCUT2D eigenvalue weighted by Crippen LogP contribution is 2.49. The van der Waals surface area contributed by atoms with Crippen LogP contribution in [0.4, 0.5) is 4.79 Å². The van der Waals surface area contributed by atoms with Crippen LogP contribution in [0, 0.1) is 5.92 Å². The molecule has 6 rings (SSSR count). The van der Waals surface area contributed by atoms with Gasteiger partial charge in [0.05, 0.1) is 7.11 Å². The van der Waals surface area contributed by atoms with E-state index in [-0.39, 0.29) is 17.7 Å². The van der Waals surface area contributed by atoms with Crippen LogP contribution in [-0.2, 0) is 11.2 Å². The lowest BCUT2D eigenvalue weighted by atomic mass is 9.81. The Hall–Kier alpha value is -3.52. The number of imide groups is 1. The zero-order valence-electron chi connectivity index (χ0n) is 22.4. The second-order valence-electron chi connectivity index (χ2n) is 11.4. The van der Waals surface area contributed by atoms with E-state index in [4.69, 9.17) is 4.74 Å². The number of rotatable bonds is 6. The molecule has 3 aromatic rings. The normalized spacial score (nSPS) is 24.2. The van der Waals surface area contributed by atoms with Crippen LogP contribution in [0.15, 0.2) is 42.5 Å². The molecule has 4 heterocycles. The fourth-order valence-corrected chi connectivity index (χ4v) is 6.60. The summed E-state index contributed by atoms with van der Waals surface area (Å²) in [4.78, 5) is 37.2. The number of carbonyl (C=O) groups is 2. The number of nitrogens with zero attached hydrogens (tertiary/aromatic N) is 3. The van der Waals surface area contributed by atoms with Gasteiger partial charge in [-0.3, -0.25) is 14.6 Å². The second kappa shape index (κ2) is 9.34. The van der Waals surface area contributed by atoms with E-state index < -0.39 is 11.6 Å². The first-order valence-corrected chi connectivity index (χ1v) is 13.6. The summed E-state index contributed by atoms with van der Waals surface area (Å²) < 4.78 is 5.49. The number of aromatic nitrogens is 1. The summed E-state index contributed by atoms with van der Waals surface area (Å²) in [7, 11) is 1.64. The van der Waals surface area contributed by atoms with Crippen LogP contribution in [0.3, 0.4) is 0 Å². The van der Waals surface area contributed by atoms with Crippen LogP contribution in [-0.4, -0.2) is 75.6 Å². The van der Waals surface area contributed by atoms with Crippen molar-refractivity contribution in [1.29, 1.82) is 0 Å². The number of fused-ring (bicyclic) bond motifs is 4. The summed E-state index contributed by atoms with van der Waals surface area (Å²) >= 11 is 0. The minimum absolute atomic E-state index is 0.125. The van der Waals surface area contributed by atoms with Crippen LogP contribution < -0.4 is 4.74 Å². The predicted octanol–water partition coefficient (Wildman–Crippen LogP) is 4.67. The summed E-state index contributed by atoms with van der Waals surface area (Å²) in [6.45, 7) is 7.64. The number of aromatic amines is 1. The first kappa shape index (κ1) is 24.8. The molecule has 2 saturated heterocycles. The maximum Gasteiger partial charge on any atom is 0.328 e. The Kier molecular flexibility index (Phi) is 6.10. The maximum atomic E-state index is 14.0. The van der Waals surface area contributed by atoms with Crippen molar-refractivity contribution in [2.75, 3.05) is 33.3 Å². The lowest BCUT2D eigenvalue weighted by molar-refractivity contribution is -0.133. The molecule has 200 valence electrons. The number of benzene rings is 2. The van der Waals surface area contributed by atoms with Gasteiger partial charge in [0.1, 0.15) is 23.1 Å². The molecule has 38 heavy (non-hydrogen) atoms. The number of likely N-dealkylation sites (tertiary alicyclic amines) is 1. The van der Waals surface area contributed by atoms with Gasteiger partial charge in [-0.1, -0.05) is 19.1 Å². The number of nitrogens with one attached hydrogen (secondary N) is 1. The lowest BCUT2D eigenvalue weighted by Crippen LogP contribution is -2.53. The van der Waals surface area contributed by atoms with E-state index in [1.54, 1.807) is 30.2 Å². The average Bonchev–Trinajstić information content (AvgIpc) is 3.35. The Bertz CT molecular complexity index is 1390. The molecule has 0 bridgehead atoms. The number of urea groups is 1. The smallest absolute Gasteiger partial charge is 0.328 e. The van der Waals surface area contributed by atoms with Crippen molar-refractivity contribution in [1.82, 2.24) is 19.7 Å². The average molecular weight is 517 g/mol. The quantitative estimate of drug-likeness (QED) is 0.465. The summed E-state index contributed by atoms with van der Waals surface area (Å²) in [5, 5.41) is 11.3. The van der Waals surface area contributed by atoms with Crippen molar-refractivity contribution in [3.63, 3.8) is 0 Å². The van der Waals surface area contributed by atoms with Gasteiger partial charge in [-0.05, 0) is 93.2 Å². The zero-order chi connectivity index (χ0) is 26.6. The number of hydrogen-bond donors (Lipinski definition) is 2. The van der Waals surface area contributed by atoms with Crippen molar-refractivity contribution in [3.8, 4) is 11.5 Å². The monoisotopic (exact) mass is 516 g/mol. The molecule has 0 aliphatic carbocycles. The standard InChI is InChI=1S/C30H36N4O4/c1-19-10-14-32(15-11-19)12-5-13-33-28(36)30(2)18-24-23-17-22(38-3)8-9-25(23)31-26(24)27(34(30)29(33)37)20-6-4-7-21(35)16-20/h4,6-9,16-17,19,27,31,35H,5,10-15,18H2,1-3H3. The summed E-state index contributed by atoms with van der Waals surface area (Å²) in [5.41, 5.74) is 2.55. The molecule has 2 atom stereocenters. The third-order valence-corrected chi connectivity index (χ3v) is 8.79. The van der Waals surface area contributed by atoms with E-state index in [0.717, 1.165) is 65.4 Å². The molecule has 2 N–H and O–H groups in total. The number of amides is 3. The molecule has 3 amide bonds. The van der Waals surface area contributed by atoms with Gasteiger partial charge < -0.3 is 19.7 Å². The Balaban J connectivity index is 1.36. The number of aromatic hydroxyl groups is 1. The molecule has 2 unspecified atom stereocenters. The number of hydrogen-bond acceptors (Lipinski definition) is 5. The van der Waals surface area contributed by atoms with Crippen molar-refractivity contribution >= 4 is 22.8 Å². The molecular weight excluding hydrogens is 480 g/mol. The number of carbonyl (C=O) groups excluding carboxylic acids is 2. The summed E-state index contributed by atoms with van der Waals surface area (Å²) in [5.74, 6) is 1.48. The van der Waals surface area contributed by atoms with Crippen LogP contribution in [0.25, 0.3) is 10.9 Å². The Morgan fingerprint density at radius 1 is 1.11 bits per heavy atom. The topological polar surface area (TPSA) is 89.1 Å². The number of H-pyrrole nitrogens is 1. The fourth-order valence-electron chi connectivity index (χ4n) is 6.60. The van der Waals surface area contributed by atoms with E-state index >= 15 is 0 Å². The van der Waals surface area contributed by atoms with E-state index in [1.165, 1.54) is 17.7 Å². The Morgan fingerprint density at radius 3 is 2.63 bits per heavy atom. The van der Waals surface area contributed by atoms with E-state index in [2.05, 4.69) is 16.8 Å². The SMILES string of the molecule is COc1ccc2[nH]c3c(c2c1)CC1(C)C(=O)N(CCCN2CCC(C)CC2)C(=O)N1C3c1cccc(O)c1. The minimum Gasteiger partial charge on any atom is -0.508 e. The predicted molar refractivity (Wildman–Crippen MR) is 145 cm³/mol. The van der Waals surface area contributed by atoms with Gasteiger partial charge >= 0.3 is 6.03 Å². The Morgan fingerprint density at radius 2 is 1.89 bits per heavy atom. The van der Waals surface area contributed by atoms with Crippen molar-refractivity contribution in [3.05, 3.63) is 59.3 Å². The van der Waals surface area contributed by atoms with Crippen LogP contribution >= 0.6 is 0 Å². The van der Waals surface area contributed by atoms with Gasteiger partial charge in [-0.2, -0.15) is 0 Å². The molecule has 0 spiro atoms. The lowest BCUT2D eigenvalue weighted by Gasteiger charge is -2.42. The largest absolute Gasteiger partial charge is 0.508 e. The van der Waals surface area contributed by atoms with Gasteiger partial charge in [0.25, 0.3) is 5.91 Å². The van der Waals surface area contributed by atoms with Crippen LogP contribution in [0.1, 0.15) is 56.0 Å². The fraction of sp³-hybridized carbons (Fsp3) is 0.467. The number of methoxy groups -OCH3 is 1. The second-order valence-corrected chi connectivity index (χ2v) is 11.4. The third kappa shape index (κ3) is 3.93. The Labute approximate surface area is 223 Å². The number of ether oxygens (including phenoxy) is 1. The van der Waals surface area contributed by atoms with Gasteiger partial charge in [-0.25, -0.2) is 4.79 Å². The highest BCUT2D eigenvalue weighted by Gasteiger charge is 2.60. The molecular formula is C30H36N4O4. The van der Waals surface area contributed by atoms with E-state index in [1.807, 2.05) is 31.2 Å². The van der Waals surface area contributed by atoms with Crippen molar-refractivity contribution < 1.29 is 19.4 Å². The molecule has 1 aromatic heterocycles. The molecule has 2 aromatic carbocycles. The maximum absolute atomic E-state index is 14.0. The molecule has 3 aliphatic rings. The molecule has 0 saturated carbocycles. The number of phenols is 1. The van der Waals surface area contributed by atoms with Gasteiger partial charge in [-0.15, -0.1) is 0 Å². The first-order chi connectivity index (χ1) is 18.3. The molecule has 8 nitrogen and oxygen atoms in total. The number of phenolic OH excluding ortho intramolecular Hbond substituents is 1. The summed E-state index contributed by atoms with van der Waals surface area (Å²) in [6, 6.07) is 12.1. The van der Waals surface area contributed by atoms with E-state index in [0.29, 0.717) is 13.0 Å². The molecule has 3 aliphatic heterocycles. The highest BCUT2D eigenvalue weighted by molar-refractivity contribution is 6.08. The first-order valence-electron chi connectivity index (χ1n) is 13.6. The molecule has 8 heteroatoms. The summed E-state index contributed by atoms with van der Waals surface area (Å²) in [6.07, 6.45) is 3.58. The van der Waals surface area contributed by atoms with Crippen LogP contribution in [0.5, 0.6) is 11.5 Å². The third-order valence-electron chi connectivity index (χ3n) is 8.79. The van der Waals surface area contributed by atoms with E-state index in [9.17, 15) is 14.7 Å². The number of piperidine rings is 1. The zero-order valence-corrected chi connectivity index (χ0v) is 22.4. The van der Waals surface area contributed by atoms with Gasteiger partial charge in [0, 0.05) is 29.6 Å². The van der Waals surface area contributed by atoms with Crippen molar-refractivity contribution in [2.24, 2.45) is 5.92 Å². The van der Waals surface area contributed by atoms with Crippen LogP contribution in [0.2, 0.25) is 0 Å². The molecule has 0 radical (unpaired) electrons.